The Labute approximate surface area is 142 Å². The Morgan fingerprint density at radius 1 is 0.750 bits per heavy atom. The van der Waals surface area contributed by atoms with Crippen LogP contribution in [0.15, 0.2) is 72.8 Å². The van der Waals surface area contributed by atoms with Crippen LogP contribution in [0, 0.1) is 0 Å². The minimum atomic E-state index is 0.721. The van der Waals surface area contributed by atoms with Crippen molar-refractivity contribution in [3.8, 4) is 22.6 Å². The molecular formula is C21H21NO2. The first-order valence-electron chi connectivity index (χ1n) is 7.90. The first-order valence-corrected chi connectivity index (χ1v) is 7.90. The van der Waals surface area contributed by atoms with Gasteiger partial charge in [-0.25, -0.2) is 0 Å². The number of anilines is 1. The number of hydrogen-bond acceptors (Lipinski definition) is 3. The van der Waals surface area contributed by atoms with E-state index in [1.807, 2.05) is 24.3 Å². The molecular weight excluding hydrogens is 298 g/mol. The molecule has 0 saturated heterocycles. The van der Waals surface area contributed by atoms with Gasteiger partial charge in [-0.2, -0.15) is 0 Å². The lowest BCUT2D eigenvalue weighted by molar-refractivity contribution is 0.404. The van der Waals surface area contributed by atoms with E-state index in [1.54, 1.807) is 14.2 Å². The van der Waals surface area contributed by atoms with Gasteiger partial charge in [0.2, 0.25) is 0 Å². The minimum absolute atomic E-state index is 0.721. The van der Waals surface area contributed by atoms with Gasteiger partial charge >= 0.3 is 0 Å². The lowest BCUT2D eigenvalue weighted by Crippen LogP contribution is -2.01. The fraction of sp³-hybridized carbons (Fsp3) is 0.143. The van der Waals surface area contributed by atoms with Gasteiger partial charge in [0.15, 0.2) is 0 Å². The molecule has 0 aliphatic carbocycles. The maximum absolute atomic E-state index is 5.39. The minimum Gasteiger partial charge on any atom is -0.497 e. The van der Waals surface area contributed by atoms with Crippen LogP contribution < -0.4 is 14.8 Å². The summed E-state index contributed by atoms with van der Waals surface area (Å²) in [6, 6.07) is 24.7. The fourth-order valence-corrected chi connectivity index (χ4v) is 2.60. The molecule has 0 bridgehead atoms. The highest BCUT2D eigenvalue weighted by Gasteiger charge is 2.05. The van der Waals surface area contributed by atoms with Gasteiger partial charge < -0.3 is 14.8 Å². The average molecular weight is 319 g/mol. The lowest BCUT2D eigenvalue weighted by Gasteiger charge is -2.13. The van der Waals surface area contributed by atoms with Gasteiger partial charge in [0.05, 0.1) is 19.9 Å². The molecule has 0 saturated carbocycles. The summed E-state index contributed by atoms with van der Waals surface area (Å²) in [5, 5.41) is 3.41. The largest absolute Gasteiger partial charge is 0.497 e. The first kappa shape index (κ1) is 15.9. The van der Waals surface area contributed by atoms with Crippen molar-refractivity contribution in [2.24, 2.45) is 0 Å². The number of nitrogens with one attached hydrogen (secondary N) is 1. The highest BCUT2D eigenvalue weighted by molar-refractivity contribution is 5.64. The van der Waals surface area contributed by atoms with E-state index in [2.05, 4.69) is 53.8 Å². The highest BCUT2D eigenvalue weighted by atomic mass is 16.5. The van der Waals surface area contributed by atoms with Crippen molar-refractivity contribution in [2.75, 3.05) is 19.5 Å². The summed E-state index contributed by atoms with van der Waals surface area (Å²) in [5.41, 5.74) is 4.58. The molecule has 3 rings (SSSR count). The summed E-state index contributed by atoms with van der Waals surface area (Å²) in [6.07, 6.45) is 0. The van der Waals surface area contributed by atoms with Gasteiger partial charge in [-0.05, 0) is 28.8 Å². The molecule has 0 aromatic heterocycles. The summed E-state index contributed by atoms with van der Waals surface area (Å²) >= 11 is 0. The molecule has 24 heavy (non-hydrogen) atoms. The molecule has 3 aromatic rings. The third kappa shape index (κ3) is 3.69. The molecule has 0 aliphatic heterocycles. The van der Waals surface area contributed by atoms with Crippen LogP contribution in [0.2, 0.25) is 0 Å². The first-order chi connectivity index (χ1) is 11.8. The summed E-state index contributed by atoms with van der Waals surface area (Å²) in [6.45, 7) is 0.721. The number of ether oxygens (including phenoxy) is 2. The van der Waals surface area contributed by atoms with E-state index >= 15 is 0 Å². The second-order valence-electron chi connectivity index (χ2n) is 5.48. The molecule has 3 aromatic carbocycles. The predicted octanol–water partition coefficient (Wildman–Crippen LogP) is 4.98. The van der Waals surface area contributed by atoms with Gasteiger partial charge in [0.1, 0.15) is 11.5 Å². The molecule has 0 heterocycles. The van der Waals surface area contributed by atoms with Gasteiger partial charge in [0.25, 0.3) is 0 Å². The highest BCUT2D eigenvalue weighted by Crippen LogP contribution is 2.29. The van der Waals surface area contributed by atoms with Crippen molar-refractivity contribution in [3.05, 3.63) is 78.4 Å². The van der Waals surface area contributed by atoms with Crippen LogP contribution in [0.4, 0.5) is 5.69 Å². The summed E-state index contributed by atoms with van der Waals surface area (Å²) in [4.78, 5) is 0. The Hall–Kier alpha value is -2.94. The summed E-state index contributed by atoms with van der Waals surface area (Å²) in [7, 11) is 3.33. The maximum atomic E-state index is 5.39. The molecule has 0 radical (unpaired) electrons. The Kier molecular flexibility index (Phi) is 5.02. The van der Waals surface area contributed by atoms with Crippen LogP contribution >= 0.6 is 0 Å². The zero-order chi connectivity index (χ0) is 16.8. The van der Waals surface area contributed by atoms with E-state index in [1.165, 1.54) is 16.7 Å². The van der Waals surface area contributed by atoms with Crippen LogP contribution in [0.3, 0.4) is 0 Å². The third-order valence-corrected chi connectivity index (χ3v) is 3.95. The van der Waals surface area contributed by atoms with E-state index in [9.17, 15) is 0 Å². The monoisotopic (exact) mass is 319 g/mol. The summed E-state index contributed by atoms with van der Waals surface area (Å²) in [5.74, 6) is 1.61. The molecule has 1 N–H and O–H groups in total. The van der Waals surface area contributed by atoms with E-state index in [0.717, 1.165) is 23.7 Å². The van der Waals surface area contributed by atoms with Gasteiger partial charge in [-0.1, -0.05) is 54.6 Å². The number of rotatable bonds is 6. The summed E-state index contributed by atoms with van der Waals surface area (Å²) < 4.78 is 10.7. The molecule has 0 atom stereocenters. The Bertz CT molecular complexity index is 783. The molecule has 0 unspecified atom stereocenters. The number of methoxy groups -OCH3 is 2. The second kappa shape index (κ2) is 7.55. The van der Waals surface area contributed by atoms with Crippen molar-refractivity contribution < 1.29 is 9.47 Å². The van der Waals surface area contributed by atoms with Crippen molar-refractivity contribution in [3.63, 3.8) is 0 Å². The Balaban J connectivity index is 1.71. The zero-order valence-corrected chi connectivity index (χ0v) is 14.0. The predicted molar refractivity (Wildman–Crippen MR) is 98.8 cm³/mol. The van der Waals surface area contributed by atoms with Gasteiger partial charge in [0, 0.05) is 12.6 Å². The van der Waals surface area contributed by atoms with Crippen molar-refractivity contribution in [1.29, 1.82) is 0 Å². The van der Waals surface area contributed by atoms with Crippen molar-refractivity contribution in [1.82, 2.24) is 0 Å². The molecule has 0 aliphatic rings. The van der Waals surface area contributed by atoms with Crippen LogP contribution in [0.5, 0.6) is 11.5 Å². The van der Waals surface area contributed by atoms with Crippen LogP contribution in [-0.2, 0) is 6.54 Å². The SMILES string of the molecule is COc1ccc(OC)c(NCc2ccc(-c3ccccc3)cc2)c1. The van der Waals surface area contributed by atoms with Gasteiger partial charge in [-0.3, -0.25) is 0 Å². The molecule has 3 heteroatoms. The van der Waals surface area contributed by atoms with Crippen LogP contribution in [0.1, 0.15) is 5.56 Å². The maximum Gasteiger partial charge on any atom is 0.142 e. The molecule has 122 valence electrons. The normalized spacial score (nSPS) is 10.2. The van der Waals surface area contributed by atoms with Crippen molar-refractivity contribution >= 4 is 5.69 Å². The standard InChI is InChI=1S/C21H21NO2/c1-23-19-12-13-21(24-2)20(14-19)22-15-16-8-10-18(11-9-16)17-6-4-3-5-7-17/h3-14,22H,15H2,1-2H3. The smallest absolute Gasteiger partial charge is 0.142 e. The van der Waals surface area contributed by atoms with Crippen molar-refractivity contribution in [2.45, 2.75) is 6.54 Å². The Morgan fingerprint density at radius 3 is 2.12 bits per heavy atom. The molecule has 0 spiro atoms. The van der Waals surface area contributed by atoms with Crippen LogP contribution in [0.25, 0.3) is 11.1 Å². The Morgan fingerprint density at radius 2 is 1.46 bits per heavy atom. The lowest BCUT2D eigenvalue weighted by atomic mass is 10.0. The molecule has 0 amide bonds. The van der Waals surface area contributed by atoms with E-state index < -0.39 is 0 Å². The van der Waals surface area contributed by atoms with E-state index in [0.29, 0.717) is 0 Å². The number of benzene rings is 3. The van der Waals surface area contributed by atoms with E-state index in [-0.39, 0.29) is 0 Å². The van der Waals surface area contributed by atoms with Crippen LogP contribution in [-0.4, -0.2) is 14.2 Å². The number of hydrogen-bond donors (Lipinski definition) is 1. The zero-order valence-electron chi connectivity index (χ0n) is 14.0. The molecule has 0 fully saturated rings. The topological polar surface area (TPSA) is 30.5 Å². The quantitative estimate of drug-likeness (QED) is 0.695. The third-order valence-electron chi connectivity index (χ3n) is 3.95. The second-order valence-corrected chi connectivity index (χ2v) is 5.48. The molecule has 3 nitrogen and oxygen atoms in total. The average Bonchev–Trinajstić information content (AvgIpc) is 2.67. The van der Waals surface area contributed by atoms with Gasteiger partial charge in [-0.15, -0.1) is 0 Å². The fourth-order valence-electron chi connectivity index (χ4n) is 2.60. The van der Waals surface area contributed by atoms with E-state index in [4.69, 9.17) is 9.47 Å².